The van der Waals surface area contributed by atoms with Crippen LogP contribution in [-0.2, 0) is 16.1 Å². The van der Waals surface area contributed by atoms with E-state index in [4.69, 9.17) is 0 Å². The van der Waals surface area contributed by atoms with Crippen LogP contribution in [0.4, 0.5) is 5.69 Å². The zero-order valence-corrected chi connectivity index (χ0v) is 14.3. The van der Waals surface area contributed by atoms with Crippen LogP contribution < -0.4 is 10.2 Å². The number of carbonyl (C=O) groups excluding carboxylic acids is 2. The van der Waals surface area contributed by atoms with Crippen LogP contribution >= 0.6 is 0 Å². The van der Waals surface area contributed by atoms with Crippen molar-refractivity contribution < 1.29 is 9.59 Å². The monoisotopic (exact) mass is 345 g/mol. The highest BCUT2D eigenvalue weighted by Crippen LogP contribution is 2.31. The predicted octanol–water partition coefficient (Wildman–Crippen LogP) is 2.90. The lowest BCUT2D eigenvalue weighted by molar-refractivity contribution is -0.126. The number of aromatic nitrogens is 1. The molecule has 1 atom stereocenters. The number of fused-ring (bicyclic) bond motifs is 1. The maximum atomic E-state index is 12.5. The third-order valence-corrected chi connectivity index (χ3v) is 4.74. The van der Waals surface area contributed by atoms with E-state index in [9.17, 15) is 9.59 Å². The van der Waals surface area contributed by atoms with Gasteiger partial charge in [-0.15, -0.1) is 0 Å². The molecule has 0 radical (unpaired) electrons. The van der Waals surface area contributed by atoms with Gasteiger partial charge < -0.3 is 10.2 Å². The first-order valence-electron chi connectivity index (χ1n) is 8.67. The normalized spacial score (nSPS) is 16.8. The zero-order valence-electron chi connectivity index (χ0n) is 14.3. The quantitative estimate of drug-likeness (QED) is 0.791. The average Bonchev–Trinajstić information content (AvgIpc) is 3.08. The molecule has 3 aromatic rings. The van der Waals surface area contributed by atoms with E-state index in [0.29, 0.717) is 13.1 Å². The number of anilines is 1. The molecule has 2 aromatic carbocycles. The lowest BCUT2D eigenvalue weighted by atomic mass is 10.1. The van der Waals surface area contributed by atoms with Crippen molar-refractivity contribution in [2.75, 3.05) is 11.4 Å². The van der Waals surface area contributed by atoms with Gasteiger partial charge in [0.1, 0.15) is 0 Å². The highest BCUT2D eigenvalue weighted by molar-refractivity contribution is 6.06. The molecule has 26 heavy (non-hydrogen) atoms. The fraction of sp³-hybridized carbons (Fsp3) is 0.190. The van der Waals surface area contributed by atoms with Crippen LogP contribution in [0.25, 0.3) is 10.8 Å². The van der Waals surface area contributed by atoms with Gasteiger partial charge in [0.05, 0.1) is 11.6 Å². The molecule has 1 N–H and O–H groups in total. The third kappa shape index (κ3) is 3.16. The Morgan fingerprint density at radius 1 is 1.12 bits per heavy atom. The Hall–Kier alpha value is -3.21. The molecule has 1 aromatic heterocycles. The predicted molar refractivity (Wildman–Crippen MR) is 100 cm³/mol. The Kier molecular flexibility index (Phi) is 4.35. The average molecular weight is 345 g/mol. The standard InChI is InChI=1S/C21H19N3O2/c25-20-11-17(21(26)23-13-15-5-4-10-22-12-15)14-24(20)19-9-3-7-16-6-1-2-8-18(16)19/h1-10,12,17H,11,13-14H2,(H,23,26)/t17-/m0/s1. The second-order valence-corrected chi connectivity index (χ2v) is 6.48. The van der Waals surface area contributed by atoms with Crippen molar-refractivity contribution in [2.45, 2.75) is 13.0 Å². The fourth-order valence-electron chi connectivity index (χ4n) is 3.40. The number of benzene rings is 2. The number of carbonyl (C=O) groups is 2. The molecule has 4 rings (SSSR count). The van der Waals surface area contributed by atoms with E-state index in [2.05, 4.69) is 10.3 Å². The molecule has 130 valence electrons. The van der Waals surface area contributed by atoms with Gasteiger partial charge in [0.2, 0.25) is 11.8 Å². The summed E-state index contributed by atoms with van der Waals surface area (Å²) in [6.45, 7) is 0.831. The first-order valence-corrected chi connectivity index (χ1v) is 8.67. The minimum atomic E-state index is -0.335. The topological polar surface area (TPSA) is 62.3 Å². The second-order valence-electron chi connectivity index (χ2n) is 6.48. The Labute approximate surface area is 151 Å². The second kappa shape index (κ2) is 6.96. The Morgan fingerprint density at radius 3 is 2.81 bits per heavy atom. The van der Waals surface area contributed by atoms with Crippen molar-refractivity contribution in [3.63, 3.8) is 0 Å². The number of nitrogens with one attached hydrogen (secondary N) is 1. The van der Waals surface area contributed by atoms with Crippen LogP contribution in [0.1, 0.15) is 12.0 Å². The molecule has 2 amide bonds. The van der Waals surface area contributed by atoms with Gasteiger partial charge in [-0.25, -0.2) is 0 Å². The smallest absolute Gasteiger partial charge is 0.227 e. The Bertz CT molecular complexity index is 950. The van der Waals surface area contributed by atoms with E-state index in [1.165, 1.54) is 0 Å². The molecular weight excluding hydrogens is 326 g/mol. The summed E-state index contributed by atoms with van der Waals surface area (Å²) in [6.07, 6.45) is 3.66. The number of pyridine rings is 1. The first kappa shape index (κ1) is 16.3. The number of hydrogen-bond donors (Lipinski definition) is 1. The molecule has 0 spiro atoms. The number of rotatable bonds is 4. The highest BCUT2D eigenvalue weighted by atomic mass is 16.2. The summed E-state index contributed by atoms with van der Waals surface area (Å²) in [5.41, 5.74) is 1.81. The molecule has 5 heteroatoms. The molecule has 1 fully saturated rings. The van der Waals surface area contributed by atoms with E-state index < -0.39 is 0 Å². The van der Waals surface area contributed by atoms with Gasteiger partial charge in [-0.3, -0.25) is 14.6 Å². The van der Waals surface area contributed by atoms with Crippen molar-refractivity contribution in [1.29, 1.82) is 0 Å². The van der Waals surface area contributed by atoms with Gasteiger partial charge >= 0.3 is 0 Å². The molecule has 2 heterocycles. The number of hydrogen-bond acceptors (Lipinski definition) is 3. The van der Waals surface area contributed by atoms with E-state index in [-0.39, 0.29) is 24.2 Å². The van der Waals surface area contributed by atoms with Gasteiger partial charge in [0.15, 0.2) is 0 Å². The largest absolute Gasteiger partial charge is 0.352 e. The Balaban J connectivity index is 1.49. The molecule has 5 nitrogen and oxygen atoms in total. The Morgan fingerprint density at radius 2 is 1.96 bits per heavy atom. The van der Waals surface area contributed by atoms with Crippen LogP contribution in [0.5, 0.6) is 0 Å². The van der Waals surface area contributed by atoms with E-state index in [0.717, 1.165) is 22.0 Å². The van der Waals surface area contributed by atoms with Crippen molar-refractivity contribution in [3.8, 4) is 0 Å². The maximum absolute atomic E-state index is 12.5. The SMILES string of the molecule is O=C(NCc1cccnc1)[C@H]1CC(=O)N(c2cccc3ccccc23)C1. The lowest BCUT2D eigenvalue weighted by Gasteiger charge is -2.19. The minimum absolute atomic E-state index is 0.0112. The van der Waals surface area contributed by atoms with Gasteiger partial charge in [-0.2, -0.15) is 0 Å². The summed E-state index contributed by atoms with van der Waals surface area (Å²) >= 11 is 0. The highest BCUT2D eigenvalue weighted by Gasteiger charge is 2.35. The molecule has 1 aliphatic rings. The molecule has 0 bridgehead atoms. The van der Waals surface area contributed by atoms with Crippen LogP contribution in [-0.4, -0.2) is 23.3 Å². The summed E-state index contributed by atoms with van der Waals surface area (Å²) in [5.74, 6) is -0.439. The summed E-state index contributed by atoms with van der Waals surface area (Å²) in [6, 6.07) is 17.6. The fourth-order valence-corrected chi connectivity index (χ4v) is 3.40. The minimum Gasteiger partial charge on any atom is -0.352 e. The van der Waals surface area contributed by atoms with E-state index in [1.54, 1.807) is 17.3 Å². The summed E-state index contributed by atoms with van der Waals surface area (Å²) in [5, 5.41) is 5.03. The van der Waals surface area contributed by atoms with Crippen LogP contribution in [0, 0.1) is 5.92 Å². The number of nitrogens with zero attached hydrogens (tertiary/aromatic N) is 2. The molecular formula is C21H19N3O2. The lowest BCUT2D eigenvalue weighted by Crippen LogP contribution is -2.32. The van der Waals surface area contributed by atoms with E-state index in [1.807, 2.05) is 54.6 Å². The van der Waals surface area contributed by atoms with Crippen molar-refractivity contribution in [2.24, 2.45) is 5.92 Å². The zero-order chi connectivity index (χ0) is 17.9. The van der Waals surface area contributed by atoms with Crippen LogP contribution in [0.2, 0.25) is 0 Å². The van der Waals surface area contributed by atoms with Gasteiger partial charge in [0, 0.05) is 37.3 Å². The third-order valence-electron chi connectivity index (χ3n) is 4.74. The van der Waals surface area contributed by atoms with E-state index >= 15 is 0 Å². The van der Waals surface area contributed by atoms with Gasteiger partial charge in [-0.05, 0) is 23.1 Å². The summed E-state index contributed by atoms with van der Waals surface area (Å²) in [4.78, 5) is 30.8. The van der Waals surface area contributed by atoms with Crippen LogP contribution in [0.3, 0.4) is 0 Å². The van der Waals surface area contributed by atoms with Crippen molar-refractivity contribution >= 4 is 28.3 Å². The molecule has 0 saturated carbocycles. The van der Waals surface area contributed by atoms with Crippen molar-refractivity contribution in [1.82, 2.24) is 10.3 Å². The van der Waals surface area contributed by atoms with Gasteiger partial charge in [-0.1, -0.05) is 42.5 Å². The summed E-state index contributed by atoms with van der Waals surface area (Å²) < 4.78 is 0. The molecule has 1 aliphatic heterocycles. The molecule has 1 saturated heterocycles. The maximum Gasteiger partial charge on any atom is 0.227 e. The van der Waals surface area contributed by atoms with Crippen LogP contribution in [0.15, 0.2) is 67.0 Å². The molecule has 0 aliphatic carbocycles. The number of amides is 2. The molecule has 0 unspecified atom stereocenters. The van der Waals surface area contributed by atoms with Gasteiger partial charge in [0.25, 0.3) is 0 Å². The van der Waals surface area contributed by atoms with Crippen molar-refractivity contribution in [3.05, 3.63) is 72.6 Å². The summed E-state index contributed by atoms with van der Waals surface area (Å²) in [7, 11) is 0. The first-order chi connectivity index (χ1) is 12.7.